The van der Waals surface area contributed by atoms with E-state index in [1.165, 1.54) is 0 Å². The molecule has 2 amide bonds. The maximum Gasteiger partial charge on any atom is 0.326 e. The smallest absolute Gasteiger partial charge is 0.326 e. The van der Waals surface area contributed by atoms with Gasteiger partial charge in [-0.15, -0.1) is 0 Å². The number of aliphatic carboxylic acids is 1. The highest BCUT2D eigenvalue weighted by Crippen LogP contribution is 2.08. The summed E-state index contributed by atoms with van der Waals surface area (Å²) in [6.07, 6.45) is 2.66. The summed E-state index contributed by atoms with van der Waals surface area (Å²) in [5, 5.41) is 11.7. The molecule has 0 aromatic carbocycles. The molecule has 0 spiro atoms. The van der Waals surface area contributed by atoms with Gasteiger partial charge in [0.2, 0.25) is 0 Å². The molecule has 0 aliphatic carbocycles. The minimum Gasteiger partial charge on any atom is -0.480 e. The lowest BCUT2D eigenvalue weighted by Crippen LogP contribution is -2.50. The molecule has 0 rings (SSSR count). The lowest BCUT2D eigenvalue weighted by molar-refractivity contribution is -0.140. The monoisotopic (exact) mass is 258 g/mol. The van der Waals surface area contributed by atoms with Gasteiger partial charge in [-0.25, -0.2) is 9.59 Å². The molecule has 0 aliphatic rings. The zero-order chi connectivity index (χ0) is 14.1. The largest absolute Gasteiger partial charge is 0.480 e. The molecule has 0 unspecified atom stereocenters. The van der Waals surface area contributed by atoms with Crippen LogP contribution in [-0.4, -0.2) is 41.1 Å². The standard InChI is InChI=1S/C13H26N2O3/c1-5-8-9-15(7-3)13(18)14-11(12(16)17)10(4)6-2/h10-11H,5-9H2,1-4H3,(H,14,18)(H,16,17)/t10-,11-/m0/s1. The highest BCUT2D eigenvalue weighted by Gasteiger charge is 2.26. The Labute approximate surface area is 110 Å². The number of hydrogen-bond donors (Lipinski definition) is 2. The lowest BCUT2D eigenvalue weighted by Gasteiger charge is -2.26. The van der Waals surface area contributed by atoms with Gasteiger partial charge in [-0.2, -0.15) is 0 Å². The molecule has 0 saturated carbocycles. The van der Waals surface area contributed by atoms with E-state index in [9.17, 15) is 9.59 Å². The zero-order valence-electron chi connectivity index (χ0n) is 11.9. The molecule has 0 bridgehead atoms. The van der Waals surface area contributed by atoms with Crippen LogP contribution >= 0.6 is 0 Å². The summed E-state index contributed by atoms with van der Waals surface area (Å²) in [5.74, 6) is -1.04. The first kappa shape index (κ1) is 16.7. The second-order valence-electron chi connectivity index (χ2n) is 4.58. The molecule has 2 N–H and O–H groups in total. The van der Waals surface area contributed by atoms with E-state index in [0.29, 0.717) is 13.1 Å². The van der Waals surface area contributed by atoms with Gasteiger partial charge in [-0.05, 0) is 19.3 Å². The fourth-order valence-electron chi connectivity index (χ4n) is 1.66. The predicted molar refractivity (Wildman–Crippen MR) is 71.6 cm³/mol. The maximum absolute atomic E-state index is 12.0. The van der Waals surface area contributed by atoms with Gasteiger partial charge in [-0.3, -0.25) is 0 Å². The third-order valence-corrected chi connectivity index (χ3v) is 3.21. The van der Waals surface area contributed by atoms with Crippen LogP contribution in [0.1, 0.15) is 47.0 Å². The molecule has 106 valence electrons. The Bertz CT molecular complexity index is 269. The van der Waals surface area contributed by atoms with Crippen LogP contribution in [0, 0.1) is 5.92 Å². The molecule has 0 fully saturated rings. The van der Waals surface area contributed by atoms with Crippen molar-refractivity contribution in [3.8, 4) is 0 Å². The van der Waals surface area contributed by atoms with Crippen LogP contribution in [0.5, 0.6) is 0 Å². The van der Waals surface area contributed by atoms with Gasteiger partial charge in [0.1, 0.15) is 6.04 Å². The number of nitrogens with one attached hydrogen (secondary N) is 1. The number of rotatable bonds is 8. The van der Waals surface area contributed by atoms with E-state index < -0.39 is 12.0 Å². The third-order valence-electron chi connectivity index (χ3n) is 3.21. The van der Waals surface area contributed by atoms with Crippen molar-refractivity contribution < 1.29 is 14.7 Å². The molecule has 0 aromatic rings. The third kappa shape index (κ3) is 5.38. The first-order chi connectivity index (χ1) is 8.47. The van der Waals surface area contributed by atoms with E-state index >= 15 is 0 Å². The van der Waals surface area contributed by atoms with E-state index in [0.717, 1.165) is 19.3 Å². The predicted octanol–water partition coefficient (Wildman–Crippen LogP) is 2.32. The van der Waals surface area contributed by atoms with Gasteiger partial charge in [0.25, 0.3) is 0 Å². The zero-order valence-corrected chi connectivity index (χ0v) is 11.9. The van der Waals surface area contributed by atoms with Crippen molar-refractivity contribution in [2.75, 3.05) is 13.1 Å². The molecule has 5 nitrogen and oxygen atoms in total. The second-order valence-corrected chi connectivity index (χ2v) is 4.58. The summed E-state index contributed by atoms with van der Waals surface area (Å²) in [5.41, 5.74) is 0. The fraction of sp³-hybridized carbons (Fsp3) is 0.846. The molecular weight excluding hydrogens is 232 g/mol. The molecule has 0 aromatic heterocycles. The quantitative estimate of drug-likeness (QED) is 0.702. The van der Waals surface area contributed by atoms with Crippen molar-refractivity contribution in [3.05, 3.63) is 0 Å². The number of carboxylic acid groups (broad SMARTS) is 1. The average molecular weight is 258 g/mol. The highest BCUT2D eigenvalue weighted by atomic mass is 16.4. The van der Waals surface area contributed by atoms with Crippen molar-refractivity contribution in [2.45, 2.75) is 53.0 Å². The van der Waals surface area contributed by atoms with Crippen molar-refractivity contribution in [1.82, 2.24) is 10.2 Å². The first-order valence-electron chi connectivity index (χ1n) is 6.76. The molecule has 0 aliphatic heterocycles. The Balaban J connectivity index is 4.51. The number of carbonyl (C=O) groups excluding carboxylic acids is 1. The number of nitrogens with zero attached hydrogens (tertiary/aromatic N) is 1. The Morgan fingerprint density at radius 3 is 2.28 bits per heavy atom. The summed E-state index contributed by atoms with van der Waals surface area (Å²) < 4.78 is 0. The van der Waals surface area contributed by atoms with E-state index in [4.69, 9.17) is 5.11 Å². The number of carbonyl (C=O) groups is 2. The number of unbranched alkanes of at least 4 members (excludes halogenated alkanes) is 1. The Morgan fingerprint density at radius 2 is 1.89 bits per heavy atom. The second kappa shape index (κ2) is 8.78. The Hall–Kier alpha value is -1.26. The van der Waals surface area contributed by atoms with Gasteiger partial charge in [0, 0.05) is 13.1 Å². The normalized spacial score (nSPS) is 13.8. The fourth-order valence-corrected chi connectivity index (χ4v) is 1.66. The van der Waals surface area contributed by atoms with Gasteiger partial charge >= 0.3 is 12.0 Å². The van der Waals surface area contributed by atoms with Crippen LogP contribution in [0.25, 0.3) is 0 Å². The summed E-state index contributed by atoms with van der Waals surface area (Å²) in [4.78, 5) is 24.7. The SMILES string of the molecule is CCCCN(CC)C(=O)N[C@H](C(=O)O)[C@@H](C)CC. The average Bonchev–Trinajstić information content (AvgIpc) is 2.35. The summed E-state index contributed by atoms with van der Waals surface area (Å²) in [7, 11) is 0. The van der Waals surface area contributed by atoms with Gasteiger partial charge in [0.05, 0.1) is 0 Å². The summed E-state index contributed by atoms with van der Waals surface area (Å²) in [6.45, 7) is 8.98. The molecule has 0 saturated heterocycles. The van der Waals surface area contributed by atoms with E-state index in [-0.39, 0.29) is 11.9 Å². The molecule has 18 heavy (non-hydrogen) atoms. The van der Waals surface area contributed by atoms with Gasteiger partial charge in [0.15, 0.2) is 0 Å². The maximum atomic E-state index is 12.0. The van der Waals surface area contributed by atoms with Gasteiger partial charge < -0.3 is 15.3 Å². The Kier molecular flexibility index (Phi) is 8.16. The Morgan fingerprint density at radius 1 is 1.28 bits per heavy atom. The topological polar surface area (TPSA) is 69.6 Å². The van der Waals surface area contributed by atoms with Crippen molar-refractivity contribution in [2.24, 2.45) is 5.92 Å². The van der Waals surface area contributed by atoms with E-state index in [2.05, 4.69) is 12.2 Å². The van der Waals surface area contributed by atoms with Crippen LogP contribution in [0.3, 0.4) is 0 Å². The van der Waals surface area contributed by atoms with Gasteiger partial charge in [-0.1, -0.05) is 33.6 Å². The molecule has 5 heteroatoms. The summed E-state index contributed by atoms with van der Waals surface area (Å²) >= 11 is 0. The van der Waals surface area contributed by atoms with Crippen molar-refractivity contribution >= 4 is 12.0 Å². The lowest BCUT2D eigenvalue weighted by atomic mass is 9.99. The van der Waals surface area contributed by atoms with Crippen molar-refractivity contribution in [1.29, 1.82) is 0 Å². The van der Waals surface area contributed by atoms with E-state index in [1.807, 2.05) is 20.8 Å². The number of amides is 2. The van der Waals surface area contributed by atoms with Crippen molar-refractivity contribution in [3.63, 3.8) is 0 Å². The minimum absolute atomic E-state index is 0.0728. The molecular formula is C13H26N2O3. The number of hydrogen-bond acceptors (Lipinski definition) is 2. The highest BCUT2D eigenvalue weighted by molar-refractivity contribution is 5.82. The molecule has 2 atom stereocenters. The number of urea groups is 1. The molecule has 0 heterocycles. The van der Waals surface area contributed by atoms with E-state index in [1.54, 1.807) is 4.90 Å². The molecule has 0 radical (unpaired) electrons. The first-order valence-corrected chi connectivity index (χ1v) is 6.76. The van der Waals surface area contributed by atoms with Crippen LogP contribution in [0.2, 0.25) is 0 Å². The van der Waals surface area contributed by atoms with Crippen LogP contribution in [0.4, 0.5) is 4.79 Å². The number of carboxylic acids is 1. The van der Waals surface area contributed by atoms with Crippen LogP contribution < -0.4 is 5.32 Å². The minimum atomic E-state index is -0.968. The summed E-state index contributed by atoms with van der Waals surface area (Å²) in [6, 6.07) is -1.09. The van der Waals surface area contributed by atoms with Crippen LogP contribution in [0.15, 0.2) is 0 Å². The van der Waals surface area contributed by atoms with Crippen LogP contribution in [-0.2, 0) is 4.79 Å².